The molecule has 2 aromatic carbocycles. The van der Waals surface area contributed by atoms with Gasteiger partial charge in [0.2, 0.25) is 5.95 Å². The highest BCUT2D eigenvalue weighted by Crippen LogP contribution is 2.31. The van der Waals surface area contributed by atoms with Gasteiger partial charge >= 0.3 is 0 Å². The summed E-state index contributed by atoms with van der Waals surface area (Å²) in [7, 11) is 3.20. The average Bonchev–Trinajstić information content (AvgIpc) is 3.25. The fourth-order valence-electron chi connectivity index (χ4n) is 2.75. The lowest BCUT2D eigenvalue weighted by atomic mass is 10.2. The summed E-state index contributed by atoms with van der Waals surface area (Å²) in [4.78, 5) is 8.79. The number of aromatic nitrogens is 4. The molecule has 0 fully saturated rings. The van der Waals surface area contributed by atoms with Crippen LogP contribution in [0.15, 0.2) is 54.9 Å². The maximum Gasteiger partial charge on any atom is 0.229 e. The van der Waals surface area contributed by atoms with Gasteiger partial charge in [-0.25, -0.2) is 4.98 Å². The van der Waals surface area contributed by atoms with Crippen LogP contribution in [-0.2, 0) is 0 Å². The first-order chi connectivity index (χ1) is 14.3. The van der Waals surface area contributed by atoms with Gasteiger partial charge in [-0.1, -0.05) is 19.9 Å². The molecule has 0 saturated carbocycles. The van der Waals surface area contributed by atoms with E-state index in [1.807, 2.05) is 50.2 Å². The van der Waals surface area contributed by atoms with Crippen molar-refractivity contribution in [2.75, 3.05) is 24.9 Å². The lowest BCUT2D eigenvalue weighted by Gasteiger charge is -2.11. The quantitative estimate of drug-likeness (QED) is 0.430. The second-order valence-electron chi connectivity index (χ2n) is 5.72. The molecule has 4 rings (SSSR count). The van der Waals surface area contributed by atoms with Gasteiger partial charge in [0, 0.05) is 23.3 Å². The third-order valence-electron chi connectivity index (χ3n) is 4.04. The number of anilines is 4. The molecule has 0 saturated heterocycles. The fraction of sp³-hybridized carbons (Fsp3) is 0.190. The summed E-state index contributed by atoms with van der Waals surface area (Å²) in [5.41, 5.74) is 2.66. The van der Waals surface area contributed by atoms with Crippen molar-refractivity contribution in [3.63, 3.8) is 0 Å². The Kier molecular flexibility index (Phi) is 6.47. The molecule has 4 aromatic rings. The minimum absolute atomic E-state index is 0.464. The normalized spacial score (nSPS) is 10.1. The third-order valence-corrected chi connectivity index (χ3v) is 4.04. The third kappa shape index (κ3) is 4.55. The smallest absolute Gasteiger partial charge is 0.229 e. The van der Waals surface area contributed by atoms with Gasteiger partial charge in [0.05, 0.1) is 31.6 Å². The van der Waals surface area contributed by atoms with E-state index in [1.54, 1.807) is 32.7 Å². The van der Waals surface area contributed by atoms with E-state index in [1.165, 1.54) is 0 Å². The number of fused-ring (bicyclic) bond motifs is 1. The summed E-state index contributed by atoms with van der Waals surface area (Å²) in [5.74, 6) is 2.42. The van der Waals surface area contributed by atoms with Crippen LogP contribution in [0.4, 0.5) is 23.1 Å². The van der Waals surface area contributed by atoms with E-state index in [2.05, 4.69) is 30.8 Å². The molecule has 29 heavy (non-hydrogen) atoms. The first-order valence-electron chi connectivity index (χ1n) is 9.28. The molecule has 0 bridgehead atoms. The molecule has 8 nitrogen and oxygen atoms in total. The first-order valence-corrected chi connectivity index (χ1v) is 9.28. The molecular formula is C21H24N6O2. The summed E-state index contributed by atoms with van der Waals surface area (Å²) in [5, 5.41) is 14.5. The highest BCUT2D eigenvalue weighted by molar-refractivity contribution is 5.92. The predicted molar refractivity (Wildman–Crippen MR) is 116 cm³/mol. The zero-order chi connectivity index (χ0) is 20.6. The largest absolute Gasteiger partial charge is 0.493 e. The van der Waals surface area contributed by atoms with E-state index in [4.69, 9.17) is 9.47 Å². The zero-order valence-electron chi connectivity index (χ0n) is 16.9. The Hall–Kier alpha value is -3.81. The van der Waals surface area contributed by atoms with Crippen LogP contribution in [0.2, 0.25) is 0 Å². The van der Waals surface area contributed by atoms with Gasteiger partial charge in [-0.3, -0.25) is 5.10 Å². The Bertz CT molecular complexity index is 1080. The van der Waals surface area contributed by atoms with Crippen molar-refractivity contribution in [3.05, 3.63) is 54.9 Å². The van der Waals surface area contributed by atoms with Crippen molar-refractivity contribution >= 4 is 34.0 Å². The van der Waals surface area contributed by atoms with E-state index < -0.39 is 0 Å². The molecule has 3 N–H and O–H groups in total. The van der Waals surface area contributed by atoms with Gasteiger partial charge in [-0.05, 0) is 30.3 Å². The number of nitrogens with one attached hydrogen (secondary N) is 3. The molecule has 2 aromatic heterocycles. The van der Waals surface area contributed by atoms with Gasteiger partial charge in [-0.15, -0.1) is 0 Å². The Morgan fingerprint density at radius 2 is 1.76 bits per heavy atom. The summed E-state index contributed by atoms with van der Waals surface area (Å²) in [6.45, 7) is 4.00. The van der Waals surface area contributed by atoms with Gasteiger partial charge in [0.1, 0.15) is 5.82 Å². The van der Waals surface area contributed by atoms with E-state index >= 15 is 0 Å². The van der Waals surface area contributed by atoms with Gasteiger partial charge in [0.15, 0.2) is 11.5 Å². The molecule has 0 aliphatic carbocycles. The monoisotopic (exact) mass is 392 g/mol. The molecule has 0 unspecified atom stereocenters. The van der Waals surface area contributed by atoms with E-state index in [0.29, 0.717) is 23.3 Å². The van der Waals surface area contributed by atoms with Crippen molar-refractivity contribution in [1.82, 2.24) is 20.2 Å². The molecule has 0 radical (unpaired) electrons. The van der Waals surface area contributed by atoms with Crippen molar-refractivity contribution in [3.8, 4) is 11.5 Å². The molecule has 0 aliphatic rings. The van der Waals surface area contributed by atoms with Crippen LogP contribution in [0, 0.1) is 0 Å². The molecule has 0 atom stereocenters. The second-order valence-corrected chi connectivity index (χ2v) is 5.72. The Balaban J connectivity index is 0.00000117. The summed E-state index contributed by atoms with van der Waals surface area (Å²) < 4.78 is 10.6. The predicted octanol–water partition coefficient (Wildman–Crippen LogP) is 4.88. The molecule has 0 spiro atoms. The molecular weight excluding hydrogens is 368 g/mol. The molecule has 8 heteroatoms. The minimum Gasteiger partial charge on any atom is -0.493 e. The molecule has 0 aliphatic heterocycles. The number of aromatic amines is 1. The Labute approximate surface area is 169 Å². The first kappa shape index (κ1) is 19.9. The van der Waals surface area contributed by atoms with Crippen LogP contribution in [0.5, 0.6) is 11.5 Å². The van der Waals surface area contributed by atoms with Crippen molar-refractivity contribution < 1.29 is 9.47 Å². The lowest BCUT2D eigenvalue weighted by Crippen LogP contribution is -2.01. The van der Waals surface area contributed by atoms with Crippen LogP contribution < -0.4 is 20.1 Å². The van der Waals surface area contributed by atoms with Gasteiger partial charge < -0.3 is 20.1 Å². The Morgan fingerprint density at radius 3 is 2.55 bits per heavy atom. The number of H-pyrrole nitrogens is 1. The van der Waals surface area contributed by atoms with E-state index in [9.17, 15) is 0 Å². The number of methoxy groups -OCH3 is 2. The van der Waals surface area contributed by atoms with Gasteiger partial charge in [-0.2, -0.15) is 10.1 Å². The number of benzene rings is 2. The summed E-state index contributed by atoms with van der Waals surface area (Å²) >= 11 is 0. The molecule has 0 amide bonds. The maximum atomic E-state index is 5.32. The number of hydrogen-bond acceptors (Lipinski definition) is 7. The summed E-state index contributed by atoms with van der Waals surface area (Å²) in [6, 6.07) is 13.2. The van der Waals surface area contributed by atoms with Crippen LogP contribution in [0.25, 0.3) is 10.9 Å². The second kappa shape index (κ2) is 9.41. The fourth-order valence-corrected chi connectivity index (χ4v) is 2.75. The highest BCUT2D eigenvalue weighted by Gasteiger charge is 2.07. The maximum absolute atomic E-state index is 5.32. The Morgan fingerprint density at radius 1 is 0.931 bits per heavy atom. The highest BCUT2D eigenvalue weighted by atomic mass is 16.5. The number of rotatable bonds is 6. The van der Waals surface area contributed by atoms with Crippen molar-refractivity contribution in [1.29, 1.82) is 0 Å². The van der Waals surface area contributed by atoms with Crippen LogP contribution >= 0.6 is 0 Å². The van der Waals surface area contributed by atoms with Crippen molar-refractivity contribution in [2.45, 2.75) is 13.8 Å². The SMILES string of the molecule is CC.COc1ccc(Nc2nccc(Nc3cccc4[nH]ncc34)n2)cc1OC. The summed E-state index contributed by atoms with van der Waals surface area (Å²) in [6.07, 6.45) is 3.47. The van der Waals surface area contributed by atoms with Crippen LogP contribution in [0.1, 0.15) is 13.8 Å². The van der Waals surface area contributed by atoms with Crippen LogP contribution in [0.3, 0.4) is 0 Å². The minimum atomic E-state index is 0.464. The molecule has 2 heterocycles. The molecule has 150 valence electrons. The van der Waals surface area contributed by atoms with Gasteiger partial charge in [0.25, 0.3) is 0 Å². The van der Waals surface area contributed by atoms with E-state index in [0.717, 1.165) is 22.3 Å². The number of hydrogen-bond donors (Lipinski definition) is 3. The number of nitrogens with zero attached hydrogens (tertiary/aromatic N) is 3. The standard InChI is InChI=1S/C19H18N6O2.C2H6/c1-26-16-7-6-12(10-17(16)27-2)22-19-20-9-8-18(24-19)23-14-4-3-5-15-13(14)11-21-25-15;1-2/h3-11H,1-2H3,(H,21,25)(H2,20,22,23,24);1-2H3. The lowest BCUT2D eigenvalue weighted by molar-refractivity contribution is 0.355. The topological polar surface area (TPSA) is 97.0 Å². The number of ether oxygens (including phenoxy) is 2. The average molecular weight is 392 g/mol. The van der Waals surface area contributed by atoms with E-state index in [-0.39, 0.29) is 0 Å². The van der Waals surface area contributed by atoms with Crippen LogP contribution in [-0.4, -0.2) is 34.4 Å². The van der Waals surface area contributed by atoms with Crippen molar-refractivity contribution in [2.24, 2.45) is 0 Å². The zero-order valence-corrected chi connectivity index (χ0v) is 16.9.